The van der Waals surface area contributed by atoms with Gasteiger partial charge in [-0.25, -0.2) is 8.91 Å². The second-order valence-electron chi connectivity index (χ2n) is 6.44. The number of rotatable bonds is 3. The van der Waals surface area contributed by atoms with Crippen LogP contribution in [0.15, 0.2) is 47.5 Å². The van der Waals surface area contributed by atoms with Crippen molar-refractivity contribution in [2.24, 2.45) is 0 Å². The molecular weight excluding hydrogens is 333 g/mol. The molecule has 0 saturated heterocycles. The van der Waals surface area contributed by atoms with Crippen LogP contribution >= 0.6 is 0 Å². The molecule has 0 atom stereocenters. The smallest absolute Gasteiger partial charge is 0.280 e. The lowest BCUT2D eigenvalue weighted by Crippen LogP contribution is -2.17. The molecule has 0 aliphatic heterocycles. The van der Waals surface area contributed by atoms with Gasteiger partial charge in [0.05, 0.1) is 11.1 Å². The Labute approximate surface area is 149 Å². The van der Waals surface area contributed by atoms with Crippen LogP contribution in [-0.2, 0) is 0 Å². The van der Waals surface area contributed by atoms with E-state index in [1.807, 2.05) is 6.92 Å². The Morgan fingerprint density at radius 2 is 2.08 bits per heavy atom. The highest BCUT2D eigenvalue weighted by Gasteiger charge is 2.15. The largest absolute Gasteiger partial charge is 0.435 e. The van der Waals surface area contributed by atoms with Gasteiger partial charge in [-0.2, -0.15) is 4.98 Å². The summed E-state index contributed by atoms with van der Waals surface area (Å²) in [5, 5.41) is 4.33. The molecule has 0 bridgehead atoms. The van der Waals surface area contributed by atoms with Gasteiger partial charge in [0.1, 0.15) is 6.33 Å². The van der Waals surface area contributed by atoms with Crippen molar-refractivity contribution in [2.45, 2.75) is 32.6 Å². The molecule has 0 spiro atoms. The summed E-state index contributed by atoms with van der Waals surface area (Å²) in [6, 6.07) is 8.15. The second-order valence-corrected chi connectivity index (χ2v) is 6.44. The van der Waals surface area contributed by atoms with Gasteiger partial charge in [-0.15, -0.1) is 5.10 Å². The zero-order chi connectivity index (χ0) is 18.1. The average molecular weight is 351 g/mol. The Morgan fingerprint density at radius 3 is 2.85 bits per heavy atom. The third-order valence-corrected chi connectivity index (χ3v) is 4.51. The number of halogens is 1. The summed E-state index contributed by atoms with van der Waals surface area (Å²) in [6.45, 7) is 1.81. The quantitative estimate of drug-likeness (QED) is 0.706. The van der Waals surface area contributed by atoms with Crippen molar-refractivity contribution in [1.82, 2.24) is 14.6 Å². The van der Waals surface area contributed by atoms with Crippen molar-refractivity contribution < 1.29 is 9.13 Å². The van der Waals surface area contributed by atoms with Crippen LogP contribution in [0.3, 0.4) is 0 Å². The average Bonchev–Trinajstić information content (AvgIpc) is 2.65. The summed E-state index contributed by atoms with van der Waals surface area (Å²) in [5.41, 5.74) is 2.85. The number of aromatic nitrogens is 3. The van der Waals surface area contributed by atoms with Gasteiger partial charge in [0.2, 0.25) is 5.88 Å². The molecule has 5 nitrogen and oxygen atoms in total. The molecule has 1 aromatic carbocycles. The molecule has 0 fully saturated rings. The minimum atomic E-state index is -0.446. The van der Waals surface area contributed by atoms with Crippen LogP contribution in [0.25, 0.3) is 11.1 Å². The Balaban J connectivity index is 1.75. The van der Waals surface area contributed by atoms with Crippen molar-refractivity contribution in [3.05, 3.63) is 70.0 Å². The van der Waals surface area contributed by atoms with E-state index >= 15 is 0 Å². The van der Waals surface area contributed by atoms with Gasteiger partial charge in [-0.05, 0) is 61.9 Å². The molecule has 4 rings (SSSR count). The lowest BCUT2D eigenvalue weighted by Gasteiger charge is -2.14. The number of ether oxygens (including phenoxy) is 1. The number of benzene rings is 1. The Kier molecular flexibility index (Phi) is 4.24. The Bertz CT molecular complexity index is 1070. The van der Waals surface area contributed by atoms with Crippen molar-refractivity contribution >= 4 is 11.1 Å². The first-order valence-electron chi connectivity index (χ1n) is 8.64. The summed E-state index contributed by atoms with van der Waals surface area (Å²) in [4.78, 5) is 16.2. The summed E-state index contributed by atoms with van der Waals surface area (Å²) in [5.74, 6) is -0.112. The molecule has 2 aromatic heterocycles. The normalized spacial score (nSPS) is 14.3. The molecule has 6 heteroatoms. The minimum absolute atomic E-state index is 0.103. The van der Waals surface area contributed by atoms with Crippen LogP contribution in [0, 0.1) is 12.7 Å². The van der Waals surface area contributed by atoms with Crippen molar-refractivity contribution in [3.63, 3.8) is 0 Å². The van der Waals surface area contributed by atoms with Gasteiger partial charge >= 0.3 is 0 Å². The van der Waals surface area contributed by atoms with E-state index in [0.717, 1.165) is 36.8 Å². The number of hydrogen-bond donors (Lipinski definition) is 0. The third kappa shape index (κ3) is 3.10. The molecule has 2 heterocycles. The zero-order valence-corrected chi connectivity index (χ0v) is 14.4. The highest BCUT2D eigenvalue weighted by Crippen LogP contribution is 2.28. The van der Waals surface area contributed by atoms with Gasteiger partial charge in [0.15, 0.2) is 11.6 Å². The first kappa shape index (κ1) is 16.4. The van der Waals surface area contributed by atoms with Crippen LogP contribution < -0.4 is 10.3 Å². The molecule has 3 aromatic rings. The van der Waals surface area contributed by atoms with Gasteiger partial charge in [0, 0.05) is 6.07 Å². The van der Waals surface area contributed by atoms with E-state index in [2.05, 4.69) is 16.2 Å². The van der Waals surface area contributed by atoms with Crippen LogP contribution in [-0.4, -0.2) is 14.6 Å². The fraction of sp³-hybridized carbons (Fsp3) is 0.250. The number of hydrogen-bond acceptors (Lipinski definition) is 4. The van der Waals surface area contributed by atoms with E-state index in [1.54, 1.807) is 24.3 Å². The number of allylic oxidation sites excluding steroid dienone is 2. The third-order valence-electron chi connectivity index (χ3n) is 4.51. The van der Waals surface area contributed by atoms with Gasteiger partial charge in [0.25, 0.3) is 5.56 Å². The maximum absolute atomic E-state index is 14.0. The maximum Gasteiger partial charge on any atom is 0.280 e. The van der Waals surface area contributed by atoms with E-state index in [4.69, 9.17) is 4.74 Å². The summed E-state index contributed by atoms with van der Waals surface area (Å²) in [6.07, 6.45) is 7.51. The SMILES string of the molecule is Cc1ccc(Oc2ccc3c(C4=CCCCC4)c(=O)ncn3n2)c(F)c1. The van der Waals surface area contributed by atoms with Crippen LogP contribution in [0.5, 0.6) is 11.6 Å². The molecular formula is C20H18FN3O2. The summed E-state index contributed by atoms with van der Waals surface area (Å²) < 4.78 is 21.1. The predicted molar refractivity (Wildman–Crippen MR) is 96.9 cm³/mol. The van der Waals surface area contributed by atoms with Crippen molar-refractivity contribution in [3.8, 4) is 11.6 Å². The van der Waals surface area contributed by atoms with E-state index in [0.29, 0.717) is 11.1 Å². The fourth-order valence-electron chi connectivity index (χ4n) is 3.21. The Morgan fingerprint density at radius 1 is 1.19 bits per heavy atom. The second kappa shape index (κ2) is 6.71. The maximum atomic E-state index is 14.0. The van der Waals surface area contributed by atoms with Crippen LogP contribution in [0.2, 0.25) is 0 Å². The first-order chi connectivity index (χ1) is 12.6. The minimum Gasteiger partial charge on any atom is -0.435 e. The Hall–Kier alpha value is -3.02. The van der Waals surface area contributed by atoms with E-state index in [9.17, 15) is 9.18 Å². The fourth-order valence-corrected chi connectivity index (χ4v) is 3.21. The molecule has 1 aliphatic carbocycles. The highest BCUT2D eigenvalue weighted by atomic mass is 19.1. The van der Waals surface area contributed by atoms with Gasteiger partial charge in [-0.1, -0.05) is 12.1 Å². The first-order valence-corrected chi connectivity index (χ1v) is 8.64. The monoisotopic (exact) mass is 351 g/mol. The molecule has 26 heavy (non-hydrogen) atoms. The lowest BCUT2D eigenvalue weighted by molar-refractivity contribution is 0.419. The molecule has 0 N–H and O–H groups in total. The summed E-state index contributed by atoms with van der Waals surface area (Å²) >= 11 is 0. The standard InChI is InChI=1S/C20H18FN3O2/c1-13-7-9-17(15(21)11-13)26-18-10-8-16-19(14-5-3-2-4-6-14)20(25)22-12-24(16)23-18/h5,7-12H,2-4,6H2,1H3. The number of aryl methyl sites for hydroxylation is 1. The lowest BCUT2D eigenvalue weighted by atomic mass is 9.94. The molecule has 132 valence electrons. The zero-order valence-electron chi connectivity index (χ0n) is 14.4. The summed E-state index contributed by atoms with van der Waals surface area (Å²) in [7, 11) is 0. The molecule has 0 unspecified atom stereocenters. The topological polar surface area (TPSA) is 56.5 Å². The molecule has 0 amide bonds. The number of fused-ring (bicyclic) bond motifs is 1. The van der Waals surface area contributed by atoms with Crippen molar-refractivity contribution in [1.29, 1.82) is 0 Å². The van der Waals surface area contributed by atoms with Crippen molar-refractivity contribution in [2.75, 3.05) is 0 Å². The van der Waals surface area contributed by atoms with E-state index in [-0.39, 0.29) is 17.2 Å². The predicted octanol–water partition coefficient (Wildman–Crippen LogP) is 4.29. The van der Waals surface area contributed by atoms with E-state index < -0.39 is 5.82 Å². The van der Waals surface area contributed by atoms with Crippen LogP contribution in [0.1, 0.15) is 36.8 Å². The van der Waals surface area contributed by atoms with Gasteiger partial charge < -0.3 is 4.74 Å². The highest BCUT2D eigenvalue weighted by molar-refractivity contribution is 5.77. The molecule has 1 aliphatic rings. The van der Waals surface area contributed by atoms with E-state index in [1.165, 1.54) is 16.9 Å². The molecule has 0 radical (unpaired) electrons. The molecule has 0 saturated carbocycles. The van der Waals surface area contributed by atoms with Gasteiger partial charge in [-0.3, -0.25) is 4.79 Å². The van der Waals surface area contributed by atoms with Crippen LogP contribution in [0.4, 0.5) is 4.39 Å². The number of nitrogens with zero attached hydrogens (tertiary/aromatic N) is 3.